The molecule has 3 heterocycles. The molecule has 7 nitrogen and oxygen atoms in total. The van der Waals surface area contributed by atoms with Crippen LogP contribution in [0.15, 0.2) is 42.0 Å². The fraction of sp³-hybridized carbons (Fsp3) is 0.294. The van der Waals surface area contributed by atoms with Crippen LogP contribution >= 0.6 is 11.3 Å². The molecular formula is C17H18N6OS. The van der Waals surface area contributed by atoms with Gasteiger partial charge in [0.05, 0.1) is 5.69 Å². The highest BCUT2D eigenvalue weighted by molar-refractivity contribution is 7.12. The van der Waals surface area contributed by atoms with Crippen molar-refractivity contribution in [2.45, 2.75) is 19.3 Å². The molecule has 1 saturated heterocycles. The highest BCUT2D eigenvalue weighted by atomic mass is 32.1. The number of nitrogens with one attached hydrogen (secondary N) is 1. The van der Waals surface area contributed by atoms with Crippen molar-refractivity contribution in [2.24, 2.45) is 0 Å². The topological polar surface area (TPSA) is 75.9 Å². The van der Waals surface area contributed by atoms with Gasteiger partial charge in [-0.1, -0.05) is 0 Å². The van der Waals surface area contributed by atoms with E-state index in [1.54, 1.807) is 0 Å². The first kappa shape index (κ1) is 15.8. The van der Waals surface area contributed by atoms with Gasteiger partial charge in [-0.3, -0.25) is 4.79 Å². The van der Waals surface area contributed by atoms with Crippen molar-refractivity contribution in [3.05, 3.63) is 46.9 Å². The predicted molar refractivity (Wildman–Crippen MR) is 97.5 cm³/mol. The Morgan fingerprint density at radius 3 is 2.60 bits per heavy atom. The van der Waals surface area contributed by atoms with Crippen molar-refractivity contribution < 1.29 is 4.79 Å². The quantitative estimate of drug-likeness (QED) is 0.779. The van der Waals surface area contributed by atoms with Crippen molar-refractivity contribution >= 4 is 28.6 Å². The lowest BCUT2D eigenvalue weighted by Crippen LogP contribution is -2.29. The van der Waals surface area contributed by atoms with E-state index in [2.05, 4.69) is 37.9 Å². The van der Waals surface area contributed by atoms with Crippen molar-refractivity contribution in [1.29, 1.82) is 0 Å². The molecule has 0 aliphatic carbocycles. The molecule has 1 N–H and O–H groups in total. The Labute approximate surface area is 149 Å². The van der Waals surface area contributed by atoms with E-state index in [1.807, 2.05) is 23.6 Å². The first-order valence-electron chi connectivity index (χ1n) is 8.28. The van der Waals surface area contributed by atoms with Gasteiger partial charge in [0, 0.05) is 24.5 Å². The SMILES string of the molecule is O=C(Nc1ccc(N2CCCCC2)cc1)c1sccc1-n1cnnn1. The normalized spacial score (nSPS) is 14.5. The van der Waals surface area contributed by atoms with E-state index >= 15 is 0 Å². The Kier molecular flexibility index (Phi) is 4.43. The van der Waals surface area contributed by atoms with Crippen LogP contribution in [0, 0.1) is 0 Å². The molecular weight excluding hydrogens is 336 g/mol. The van der Waals surface area contributed by atoms with Gasteiger partial charge in [-0.2, -0.15) is 4.68 Å². The minimum Gasteiger partial charge on any atom is -0.372 e. The summed E-state index contributed by atoms with van der Waals surface area (Å²) in [5.41, 5.74) is 2.67. The second-order valence-corrected chi connectivity index (χ2v) is 6.85. The first-order valence-corrected chi connectivity index (χ1v) is 9.16. The Morgan fingerprint density at radius 1 is 1.08 bits per heavy atom. The van der Waals surface area contributed by atoms with Crippen LogP contribution in [0.25, 0.3) is 5.69 Å². The third kappa shape index (κ3) is 3.39. The number of thiophene rings is 1. The number of benzene rings is 1. The molecule has 0 unspecified atom stereocenters. The van der Waals surface area contributed by atoms with Crippen LogP contribution in [0.5, 0.6) is 0 Å². The summed E-state index contributed by atoms with van der Waals surface area (Å²) in [6.45, 7) is 2.21. The van der Waals surface area contributed by atoms with E-state index in [9.17, 15) is 4.79 Å². The molecule has 1 amide bonds. The Balaban J connectivity index is 1.47. The standard InChI is InChI=1S/C17H18N6OS/c24-17(16-15(8-11-25-16)23-12-18-20-21-23)19-13-4-6-14(7-5-13)22-9-2-1-3-10-22/h4-8,11-12H,1-3,9-10H2,(H,19,24). The summed E-state index contributed by atoms with van der Waals surface area (Å²) in [4.78, 5) is 15.6. The zero-order valence-electron chi connectivity index (χ0n) is 13.6. The number of carbonyl (C=O) groups excluding carboxylic acids is 1. The molecule has 0 saturated carbocycles. The van der Waals surface area contributed by atoms with Crippen LogP contribution in [-0.2, 0) is 0 Å². The van der Waals surface area contributed by atoms with Gasteiger partial charge in [-0.25, -0.2) is 0 Å². The fourth-order valence-corrected chi connectivity index (χ4v) is 3.79. The summed E-state index contributed by atoms with van der Waals surface area (Å²) < 4.78 is 1.49. The number of carbonyl (C=O) groups is 1. The predicted octanol–water partition coefficient (Wildman–Crippen LogP) is 2.97. The van der Waals surface area contributed by atoms with Crippen LogP contribution in [-0.4, -0.2) is 39.2 Å². The van der Waals surface area contributed by atoms with Gasteiger partial charge in [-0.05, 0) is 65.4 Å². The van der Waals surface area contributed by atoms with E-state index in [0.717, 1.165) is 18.8 Å². The van der Waals surface area contributed by atoms with Crippen molar-refractivity contribution in [1.82, 2.24) is 20.2 Å². The lowest BCUT2D eigenvalue weighted by atomic mass is 10.1. The molecule has 3 aromatic rings. The van der Waals surface area contributed by atoms with Crippen LogP contribution < -0.4 is 10.2 Å². The monoisotopic (exact) mass is 354 g/mol. The van der Waals surface area contributed by atoms with Crippen molar-refractivity contribution in [3.8, 4) is 5.69 Å². The molecule has 2 aromatic heterocycles. The van der Waals surface area contributed by atoms with Gasteiger partial charge < -0.3 is 10.2 Å². The highest BCUT2D eigenvalue weighted by Crippen LogP contribution is 2.24. The number of aromatic nitrogens is 4. The van der Waals surface area contributed by atoms with Gasteiger partial charge in [0.25, 0.3) is 5.91 Å². The minimum atomic E-state index is -0.161. The second-order valence-electron chi connectivity index (χ2n) is 5.94. The summed E-state index contributed by atoms with van der Waals surface area (Å²) >= 11 is 1.36. The molecule has 1 aromatic carbocycles. The average Bonchev–Trinajstić information content (AvgIpc) is 3.34. The van der Waals surface area contributed by atoms with Crippen LogP contribution in [0.1, 0.15) is 28.9 Å². The molecule has 0 atom stereocenters. The number of nitrogens with zero attached hydrogens (tertiary/aromatic N) is 5. The third-order valence-corrected chi connectivity index (χ3v) is 5.20. The number of hydrogen-bond acceptors (Lipinski definition) is 6. The smallest absolute Gasteiger partial charge is 0.267 e. The van der Waals surface area contributed by atoms with Crippen molar-refractivity contribution in [2.75, 3.05) is 23.3 Å². The van der Waals surface area contributed by atoms with Crippen LogP contribution in [0.3, 0.4) is 0 Å². The Hall–Kier alpha value is -2.74. The van der Waals surface area contributed by atoms with Gasteiger partial charge >= 0.3 is 0 Å². The molecule has 1 aliphatic rings. The first-order chi connectivity index (χ1) is 12.3. The number of rotatable bonds is 4. The number of amides is 1. The number of hydrogen-bond donors (Lipinski definition) is 1. The zero-order valence-corrected chi connectivity index (χ0v) is 14.4. The van der Waals surface area contributed by atoms with Gasteiger partial charge in [0.15, 0.2) is 0 Å². The van der Waals surface area contributed by atoms with Gasteiger partial charge in [0.1, 0.15) is 11.2 Å². The number of piperidine rings is 1. The second kappa shape index (κ2) is 7.02. The molecule has 1 fully saturated rings. The Bertz CT molecular complexity index is 836. The van der Waals surface area contributed by atoms with E-state index in [0.29, 0.717) is 10.6 Å². The highest BCUT2D eigenvalue weighted by Gasteiger charge is 2.16. The molecule has 0 radical (unpaired) electrons. The number of anilines is 2. The fourth-order valence-electron chi connectivity index (χ4n) is 3.02. The van der Waals surface area contributed by atoms with Crippen LogP contribution in [0.4, 0.5) is 11.4 Å². The molecule has 25 heavy (non-hydrogen) atoms. The summed E-state index contributed by atoms with van der Waals surface area (Å²) in [7, 11) is 0. The Morgan fingerprint density at radius 2 is 1.88 bits per heavy atom. The van der Waals surface area contributed by atoms with Crippen LogP contribution in [0.2, 0.25) is 0 Å². The zero-order chi connectivity index (χ0) is 17.1. The molecule has 8 heteroatoms. The third-order valence-electron chi connectivity index (χ3n) is 4.29. The maximum Gasteiger partial charge on any atom is 0.267 e. The van der Waals surface area contributed by atoms with Gasteiger partial charge in [0.2, 0.25) is 0 Å². The summed E-state index contributed by atoms with van der Waals surface area (Å²) in [6, 6.07) is 9.86. The summed E-state index contributed by atoms with van der Waals surface area (Å²) in [5.74, 6) is -0.161. The van der Waals surface area contributed by atoms with E-state index in [4.69, 9.17) is 0 Å². The maximum atomic E-state index is 12.6. The minimum absolute atomic E-state index is 0.161. The lowest BCUT2D eigenvalue weighted by Gasteiger charge is -2.28. The largest absolute Gasteiger partial charge is 0.372 e. The average molecular weight is 354 g/mol. The van der Waals surface area contributed by atoms with E-state index < -0.39 is 0 Å². The molecule has 0 spiro atoms. The number of tetrazole rings is 1. The van der Waals surface area contributed by atoms with E-state index in [-0.39, 0.29) is 5.91 Å². The summed E-state index contributed by atoms with van der Waals surface area (Å²) in [5, 5.41) is 15.9. The molecule has 4 rings (SSSR count). The molecule has 1 aliphatic heterocycles. The van der Waals surface area contributed by atoms with Crippen molar-refractivity contribution in [3.63, 3.8) is 0 Å². The molecule has 0 bridgehead atoms. The summed E-state index contributed by atoms with van der Waals surface area (Å²) in [6.07, 6.45) is 5.29. The molecule has 128 valence electrons. The van der Waals surface area contributed by atoms with Gasteiger partial charge in [-0.15, -0.1) is 16.4 Å². The van der Waals surface area contributed by atoms with E-state index in [1.165, 1.54) is 47.3 Å². The maximum absolute atomic E-state index is 12.6. The lowest BCUT2D eigenvalue weighted by molar-refractivity contribution is 0.103.